The van der Waals surface area contributed by atoms with Crippen LogP contribution in [0, 0.1) is 0 Å². The third-order valence-electron chi connectivity index (χ3n) is 3.00. The van der Waals surface area contributed by atoms with Crippen LogP contribution in [0.25, 0.3) is 10.9 Å². The summed E-state index contributed by atoms with van der Waals surface area (Å²) in [7, 11) is -2.17. The molecule has 0 amide bonds. The van der Waals surface area contributed by atoms with Gasteiger partial charge in [0.2, 0.25) is 10.0 Å². The number of sulfonamides is 1. The summed E-state index contributed by atoms with van der Waals surface area (Å²) in [5, 5.41) is 9.87. The van der Waals surface area contributed by atoms with Gasteiger partial charge < -0.3 is 5.11 Å². The van der Waals surface area contributed by atoms with Gasteiger partial charge in [0.15, 0.2) is 0 Å². The van der Waals surface area contributed by atoms with E-state index in [-0.39, 0.29) is 18.0 Å². The molecule has 0 spiro atoms. The van der Waals surface area contributed by atoms with Crippen molar-refractivity contribution in [3.63, 3.8) is 0 Å². The van der Waals surface area contributed by atoms with Crippen molar-refractivity contribution < 1.29 is 13.5 Å². The average molecular weight is 315 g/mol. The highest BCUT2D eigenvalue weighted by atomic mass is 35.5. The molecule has 2 rings (SSSR count). The van der Waals surface area contributed by atoms with Gasteiger partial charge >= 0.3 is 0 Å². The number of nitrogens with zero attached hydrogens (tertiary/aromatic N) is 2. The van der Waals surface area contributed by atoms with E-state index in [2.05, 4.69) is 4.98 Å². The van der Waals surface area contributed by atoms with E-state index in [1.165, 1.54) is 23.6 Å². The fourth-order valence-corrected chi connectivity index (χ4v) is 3.48. The Kier molecular flexibility index (Phi) is 4.59. The van der Waals surface area contributed by atoms with E-state index in [0.29, 0.717) is 22.3 Å². The number of para-hydroxylation sites is 1. The topological polar surface area (TPSA) is 70.5 Å². The van der Waals surface area contributed by atoms with Gasteiger partial charge in [0.1, 0.15) is 4.90 Å². The Labute approximate surface area is 122 Å². The van der Waals surface area contributed by atoms with E-state index >= 15 is 0 Å². The number of pyridine rings is 1. The molecule has 7 heteroatoms. The van der Waals surface area contributed by atoms with Gasteiger partial charge in [-0.2, -0.15) is 0 Å². The number of fused-ring (bicyclic) bond motifs is 1. The number of hydrogen-bond donors (Lipinski definition) is 1. The number of halogens is 1. The van der Waals surface area contributed by atoms with Crippen LogP contribution in [0.1, 0.15) is 6.42 Å². The van der Waals surface area contributed by atoms with E-state index in [4.69, 9.17) is 16.7 Å². The van der Waals surface area contributed by atoms with Gasteiger partial charge in [0.25, 0.3) is 0 Å². The summed E-state index contributed by atoms with van der Waals surface area (Å²) in [6.45, 7) is 0.190. The highest BCUT2D eigenvalue weighted by Crippen LogP contribution is 2.28. The maximum Gasteiger partial charge on any atom is 0.244 e. The predicted molar refractivity (Wildman–Crippen MR) is 78.3 cm³/mol. The molecule has 0 saturated heterocycles. The molecule has 0 saturated carbocycles. The van der Waals surface area contributed by atoms with Crippen LogP contribution in [0.2, 0.25) is 5.02 Å². The van der Waals surface area contributed by atoms with Crippen molar-refractivity contribution >= 4 is 32.5 Å². The summed E-state index contributed by atoms with van der Waals surface area (Å²) in [4.78, 5) is 4.25. The average Bonchev–Trinajstić information content (AvgIpc) is 2.44. The second-order valence-electron chi connectivity index (χ2n) is 4.35. The monoisotopic (exact) mass is 314 g/mol. The minimum Gasteiger partial charge on any atom is -0.396 e. The highest BCUT2D eigenvalue weighted by molar-refractivity contribution is 7.89. The number of rotatable bonds is 5. The quantitative estimate of drug-likeness (QED) is 0.915. The standard InChI is InChI=1S/C13H15ClN2O3S/c1-16(8-3-9-17)20(18,19)12-5-2-4-10-11(14)6-7-15-13(10)12/h2,4-7,17H,3,8-9H2,1H3. The zero-order valence-electron chi connectivity index (χ0n) is 11.0. The number of aliphatic hydroxyl groups excluding tert-OH is 1. The number of aromatic nitrogens is 1. The number of hydrogen-bond acceptors (Lipinski definition) is 4. The van der Waals surface area contributed by atoms with Crippen LogP contribution < -0.4 is 0 Å². The van der Waals surface area contributed by atoms with E-state index in [1.807, 2.05) is 0 Å². The summed E-state index contributed by atoms with van der Waals surface area (Å²) in [5.41, 5.74) is 0.357. The van der Waals surface area contributed by atoms with Crippen molar-refractivity contribution in [3.05, 3.63) is 35.5 Å². The maximum atomic E-state index is 12.5. The maximum absolute atomic E-state index is 12.5. The normalized spacial score (nSPS) is 12.2. The molecule has 0 fully saturated rings. The Bertz CT molecular complexity index is 719. The third-order valence-corrected chi connectivity index (χ3v) is 5.22. The van der Waals surface area contributed by atoms with Gasteiger partial charge in [-0.25, -0.2) is 12.7 Å². The molecular weight excluding hydrogens is 300 g/mol. The van der Waals surface area contributed by atoms with Crippen molar-refractivity contribution in [1.29, 1.82) is 0 Å². The molecular formula is C13H15ClN2O3S. The van der Waals surface area contributed by atoms with Crippen molar-refractivity contribution in [1.82, 2.24) is 9.29 Å². The van der Waals surface area contributed by atoms with Crippen LogP contribution in [0.4, 0.5) is 0 Å². The first-order chi connectivity index (χ1) is 9.48. The summed E-state index contributed by atoms with van der Waals surface area (Å²) in [5.74, 6) is 0. The van der Waals surface area contributed by atoms with Gasteiger partial charge in [-0.1, -0.05) is 23.7 Å². The van der Waals surface area contributed by atoms with Crippen LogP contribution in [0.15, 0.2) is 35.4 Å². The minimum absolute atomic E-state index is 0.0561. The molecule has 0 aliphatic heterocycles. The summed E-state index contributed by atoms with van der Waals surface area (Å²) >= 11 is 6.06. The second kappa shape index (κ2) is 6.05. The first-order valence-electron chi connectivity index (χ1n) is 6.09. The Hall–Kier alpha value is -1.21. The lowest BCUT2D eigenvalue weighted by atomic mass is 10.2. The fraction of sp³-hybridized carbons (Fsp3) is 0.308. The molecule has 1 aromatic carbocycles. The van der Waals surface area contributed by atoms with E-state index in [1.54, 1.807) is 18.2 Å². The Morgan fingerprint density at radius 3 is 2.80 bits per heavy atom. The molecule has 0 aliphatic rings. The van der Waals surface area contributed by atoms with Crippen molar-refractivity contribution in [2.45, 2.75) is 11.3 Å². The Morgan fingerprint density at radius 2 is 2.10 bits per heavy atom. The molecule has 0 radical (unpaired) electrons. The van der Waals surface area contributed by atoms with Gasteiger partial charge in [-0.15, -0.1) is 0 Å². The smallest absolute Gasteiger partial charge is 0.244 e. The molecule has 1 heterocycles. The summed E-state index contributed by atoms with van der Waals surface area (Å²) < 4.78 is 26.3. The zero-order chi connectivity index (χ0) is 14.8. The van der Waals surface area contributed by atoms with E-state index in [0.717, 1.165) is 0 Å². The summed E-state index contributed by atoms with van der Waals surface area (Å²) in [6.07, 6.45) is 1.87. The molecule has 1 aromatic heterocycles. The lowest BCUT2D eigenvalue weighted by Crippen LogP contribution is -2.28. The fourth-order valence-electron chi connectivity index (χ4n) is 1.90. The first-order valence-corrected chi connectivity index (χ1v) is 7.90. The molecule has 0 aliphatic carbocycles. The van der Waals surface area contributed by atoms with Gasteiger partial charge in [-0.3, -0.25) is 4.98 Å². The SMILES string of the molecule is CN(CCCO)S(=O)(=O)c1cccc2c(Cl)ccnc12. The highest BCUT2D eigenvalue weighted by Gasteiger charge is 2.23. The minimum atomic E-state index is -3.65. The number of aliphatic hydroxyl groups is 1. The van der Waals surface area contributed by atoms with Gasteiger partial charge in [0.05, 0.1) is 10.5 Å². The molecule has 0 bridgehead atoms. The molecule has 1 N–H and O–H groups in total. The molecule has 0 unspecified atom stereocenters. The van der Waals surface area contributed by atoms with Gasteiger partial charge in [0, 0.05) is 31.8 Å². The van der Waals surface area contributed by atoms with Crippen LogP contribution in [-0.2, 0) is 10.0 Å². The molecule has 2 aromatic rings. The van der Waals surface area contributed by atoms with Crippen molar-refractivity contribution in [3.8, 4) is 0 Å². The Balaban J connectivity index is 2.55. The first kappa shape index (κ1) is 15.2. The van der Waals surface area contributed by atoms with Crippen molar-refractivity contribution in [2.75, 3.05) is 20.2 Å². The largest absolute Gasteiger partial charge is 0.396 e. The van der Waals surface area contributed by atoms with Crippen LogP contribution in [0.3, 0.4) is 0 Å². The third kappa shape index (κ3) is 2.78. The van der Waals surface area contributed by atoms with E-state index in [9.17, 15) is 8.42 Å². The second-order valence-corrected chi connectivity index (χ2v) is 6.77. The van der Waals surface area contributed by atoms with Crippen LogP contribution in [0.5, 0.6) is 0 Å². The van der Waals surface area contributed by atoms with E-state index < -0.39 is 10.0 Å². The predicted octanol–water partition coefficient (Wildman–Crippen LogP) is 1.89. The lowest BCUT2D eigenvalue weighted by molar-refractivity contribution is 0.275. The summed E-state index contributed by atoms with van der Waals surface area (Å²) in [6, 6.07) is 6.51. The van der Waals surface area contributed by atoms with Crippen LogP contribution in [-0.4, -0.2) is 43.0 Å². The zero-order valence-corrected chi connectivity index (χ0v) is 12.5. The molecule has 20 heavy (non-hydrogen) atoms. The molecule has 0 atom stereocenters. The van der Waals surface area contributed by atoms with Crippen molar-refractivity contribution in [2.24, 2.45) is 0 Å². The molecule has 5 nitrogen and oxygen atoms in total. The number of benzene rings is 1. The molecule has 108 valence electrons. The lowest BCUT2D eigenvalue weighted by Gasteiger charge is -2.17. The van der Waals surface area contributed by atoms with Crippen LogP contribution >= 0.6 is 11.6 Å². The van der Waals surface area contributed by atoms with Gasteiger partial charge in [-0.05, 0) is 18.6 Å². The Morgan fingerprint density at radius 1 is 1.35 bits per heavy atom.